The van der Waals surface area contributed by atoms with Gasteiger partial charge in [0.15, 0.2) is 29.3 Å². The summed E-state index contributed by atoms with van der Waals surface area (Å²) in [6, 6.07) is 24.4. The van der Waals surface area contributed by atoms with Crippen molar-refractivity contribution in [3.8, 4) is 33.8 Å². The first kappa shape index (κ1) is 24.5. The van der Waals surface area contributed by atoms with Gasteiger partial charge in [-0.2, -0.15) is 13.2 Å². The third kappa shape index (κ3) is 6.28. The van der Waals surface area contributed by atoms with E-state index < -0.39 is 43.1 Å². The van der Waals surface area contributed by atoms with Gasteiger partial charge < -0.3 is 9.05 Å². The van der Waals surface area contributed by atoms with E-state index in [1.54, 1.807) is 60.7 Å². The van der Waals surface area contributed by atoms with Crippen molar-refractivity contribution in [2.75, 3.05) is 6.16 Å². The fourth-order valence-electron chi connectivity index (χ4n) is 3.37. The summed E-state index contributed by atoms with van der Waals surface area (Å²) in [5.41, 5.74) is 2.19. The number of hydrogen-bond acceptors (Lipinski definition) is 3. The van der Waals surface area contributed by atoms with E-state index in [4.69, 9.17) is 9.05 Å². The lowest BCUT2D eigenvalue weighted by molar-refractivity contribution is -0.108. The van der Waals surface area contributed by atoms with Crippen LogP contribution in [-0.2, 0) is 4.57 Å². The number of alkyl halides is 3. The Morgan fingerprint density at radius 1 is 0.600 bits per heavy atom. The van der Waals surface area contributed by atoms with Crippen LogP contribution in [-0.4, -0.2) is 12.3 Å². The molecule has 180 valence electrons. The summed E-state index contributed by atoms with van der Waals surface area (Å²) < 4.78 is 92.0. The molecular formula is C26H18F5O3P. The average Bonchev–Trinajstić information content (AvgIpc) is 2.81. The predicted octanol–water partition coefficient (Wildman–Crippen LogP) is 8.51. The van der Waals surface area contributed by atoms with Crippen LogP contribution in [0.5, 0.6) is 11.5 Å². The standard InChI is InChI=1S/C26H18F5O3P/c27-22-15-20(18-7-3-1-4-8-18)11-13-24(22)33-35(32,17-26(29,30)31)34-25-14-12-21(16-23(25)28)19-9-5-2-6-10-19/h1-16H,17H2. The molecule has 0 spiro atoms. The Balaban J connectivity index is 1.62. The average molecular weight is 504 g/mol. The lowest BCUT2D eigenvalue weighted by Crippen LogP contribution is -2.20. The van der Waals surface area contributed by atoms with E-state index in [9.17, 15) is 26.5 Å². The minimum absolute atomic E-state index is 0.435. The number of hydrogen-bond donors (Lipinski definition) is 0. The lowest BCUT2D eigenvalue weighted by atomic mass is 10.1. The van der Waals surface area contributed by atoms with Crippen molar-refractivity contribution < 1.29 is 35.6 Å². The summed E-state index contributed by atoms with van der Waals surface area (Å²) in [5.74, 6) is -3.51. The van der Waals surface area contributed by atoms with Crippen LogP contribution in [0.4, 0.5) is 22.0 Å². The molecule has 35 heavy (non-hydrogen) atoms. The predicted molar refractivity (Wildman–Crippen MR) is 123 cm³/mol. The van der Waals surface area contributed by atoms with Crippen LogP contribution in [0.25, 0.3) is 22.3 Å². The molecule has 3 nitrogen and oxygen atoms in total. The van der Waals surface area contributed by atoms with E-state index in [2.05, 4.69) is 0 Å². The van der Waals surface area contributed by atoms with Crippen LogP contribution in [0.1, 0.15) is 0 Å². The fraction of sp³-hybridized carbons (Fsp3) is 0.0769. The Labute approximate surface area is 198 Å². The number of rotatable bonds is 7. The van der Waals surface area contributed by atoms with Crippen LogP contribution in [0.15, 0.2) is 97.1 Å². The Hall–Kier alpha value is -3.64. The van der Waals surface area contributed by atoms with E-state index in [0.717, 1.165) is 24.3 Å². The van der Waals surface area contributed by atoms with E-state index in [-0.39, 0.29) is 0 Å². The zero-order chi connectivity index (χ0) is 25.1. The highest BCUT2D eigenvalue weighted by Crippen LogP contribution is 2.53. The third-order valence-electron chi connectivity index (χ3n) is 4.93. The molecule has 4 aromatic rings. The summed E-state index contributed by atoms with van der Waals surface area (Å²) in [4.78, 5) is 0. The Bertz CT molecular complexity index is 1260. The first-order valence-corrected chi connectivity index (χ1v) is 12.1. The SMILES string of the molecule is O=P(CC(F)(F)F)(Oc1ccc(-c2ccccc2)cc1F)Oc1ccc(-c2ccccc2)cc1F. The van der Waals surface area contributed by atoms with Crippen LogP contribution in [0, 0.1) is 11.6 Å². The maximum absolute atomic E-state index is 14.7. The minimum atomic E-state index is -5.12. The van der Waals surface area contributed by atoms with Crippen molar-refractivity contribution in [1.82, 2.24) is 0 Å². The summed E-state index contributed by atoms with van der Waals surface area (Å²) in [6.07, 6.45) is -7.03. The molecule has 9 heteroatoms. The second kappa shape index (κ2) is 9.92. The molecule has 0 bridgehead atoms. The largest absolute Gasteiger partial charge is 0.440 e. The van der Waals surface area contributed by atoms with Crippen LogP contribution in [0.3, 0.4) is 0 Å². The molecule has 0 aliphatic rings. The zero-order valence-electron chi connectivity index (χ0n) is 18.0. The molecule has 0 saturated carbocycles. The second-order valence-electron chi connectivity index (χ2n) is 7.59. The maximum atomic E-state index is 14.7. The summed E-state index contributed by atoms with van der Waals surface area (Å²) in [6.45, 7) is 0. The van der Waals surface area contributed by atoms with E-state index >= 15 is 0 Å². The molecule has 4 aromatic carbocycles. The molecule has 0 atom stereocenters. The summed E-state index contributed by atoms with van der Waals surface area (Å²) in [5, 5.41) is 0. The van der Waals surface area contributed by atoms with Gasteiger partial charge in [-0.3, -0.25) is 0 Å². The normalized spacial score (nSPS) is 11.8. The van der Waals surface area contributed by atoms with Crippen LogP contribution >= 0.6 is 7.60 Å². The first-order chi connectivity index (χ1) is 16.6. The second-order valence-corrected chi connectivity index (χ2v) is 9.49. The van der Waals surface area contributed by atoms with Gasteiger partial charge in [-0.1, -0.05) is 72.8 Å². The van der Waals surface area contributed by atoms with Gasteiger partial charge in [0.05, 0.1) is 0 Å². The van der Waals surface area contributed by atoms with Gasteiger partial charge in [0.1, 0.15) is 0 Å². The van der Waals surface area contributed by atoms with Gasteiger partial charge in [-0.25, -0.2) is 13.3 Å². The smallest absolute Gasteiger partial charge is 0.413 e. The molecule has 0 aromatic heterocycles. The molecule has 0 heterocycles. The van der Waals surface area contributed by atoms with Gasteiger partial charge in [-0.05, 0) is 46.5 Å². The van der Waals surface area contributed by atoms with Gasteiger partial charge in [0, 0.05) is 0 Å². The zero-order valence-corrected chi connectivity index (χ0v) is 18.9. The lowest BCUT2D eigenvalue weighted by Gasteiger charge is -2.22. The number of halogens is 5. The molecule has 0 N–H and O–H groups in total. The molecule has 0 unspecified atom stereocenters. The van der Waals surface area contributed by atoms with Gasteiger partial charge >= 0.3 is 13.8 Å². The van der Waals surface area contributed by atoms with Crippen LogP contribution < -0.4 is 9.05 Å². The van der Waals surface area contributed by atoms with Crippen molar-refractivity contribution in [1.29, 1.82) is 0 Å². The van der Waals surface area contributed by atoms with E-state index in [0.29, 0.717) is 22.3 Å². The Kier molecular flexibility index (Phi) is 6.94. The monoisotopic (exact) mass is 504 g/mol. The molecule has 0 saturated heterocycles. The minimum Gasteiger partial charge on any atom is -0.413 e. The van der Waals surface area contributed by atoms with Crippen molar-refractivity contribution >= 4 is 7.60 Å². The fourth-order valence-corrected chi connectivity index (χ4v) is 4.87. The highest BCUT2D eigenvalue weighted by molar-refractivity contribution is 7.54. The molecular weight excluding hydrogens is 486 g/mol. The van der Waals surface area contributed by atoms with Crippen LogP contribution in [0.2, 0.25) is 0 Å². The molecule has 0 aliphatic heterocycles. The highest BCUT2D eigenvalue weighted by atomic mass is 31.2. The van der Waals surface area contributed by atoms with Gasteiger partial charge in [0.2, 0.25) is 0 Å². The van der Waals surface area contributed by atoms with E-state index in [1.807, 2.05) is 0 Å². The van der Waals surface area contributed by atoms with Crippen molar-refractivity contribution in [2.24, 2.45) is 0 Å². The van der Waals surface area contributed by atoms with Crippen molar-refractivity contribution in [3.05, 3.63) is 109 Å². The topological polar surface area (TPSA) is 35.5 Å². The summed E-state index contributed by atoms with van der Waals surface area (Å²) >= 11 is 0. The summed E-state index contributed by atoms with van der Waals surface area (Å²) in [7, 11) is -5.12. The van der Waals surface area contributed by atoms with Gasteiger partial charge in [-0.15, -0.1) is 0 Å². The molecule has 0 aliphatic carbocycles. The molecule has 0 fully saturated rings. The molecule has 4 rings (SSSR count). The molecule has 0 amide bonds. The van der Waals surface area contributed by atoms with E-state index in [1.165, 1.54) is 12.1 Å². The van der Waals surface area contributed by atoms with Crippen molar-refractivity contribution in [2.45, 2.75) is 6.18 Å². The maximum Gasteiger partial charge on any atom is 0.440 e. The Morgan fingerprint density at radius 2 is 1.00 bits per heavy atom. The highest BCUT2D eigenvalue weighted by Gasteiger charge is 2.44. The molecule has 0 radical (unpaired) electrons. The van der Waals surface area contributed by atoms with Crippen molar-refractivity contribution in [3.63, 3.8) is 0 Å². The third-order valence-corrected chi connectivity index (χ3v) is 6.62. The number of benzene rings is 4. The van der Waals surface area contributed by atoms with Gasteiger partial charge in [0.25, 0.3) is 0 Å². The Morgan fingerprint density at radius 3 is 1.34 bits per heavy atom. The quantitative estimate of drug-likeness (QED) is 0.187. The first-order valence-electron chi connectivity index (χ1n) is 10.4.